The van der Waals surface area contributed by atoms with E-state index in [1.807, 2.05) is 42.5 Å². The summed E-state index contributed by atoms with van der Waals surface area (Å²) in [5.41, 5.74) is 7.62. The molecule has 0 aliphatic rings. The van der Waals surface area contributed by atoms with E-state index in [0.29, 0.717) is 5.92 Å². The van der Waals surface area contributed by atoms with Crippen molar-refractivity contribution in [1.29, 1.82) is 0 Å². The summed E-state index contributed by atoms with van der Waals surface area (Å²) in [6.45, 7) is 4.32. The van der Waals surface area contributed by atoms with Crippen LogP contribution in [0.4, 0.5) is 5.69 Å². The van der Waals surface area contributed by atoms with Crippen molar-refractivity contribution in [1.82, 2.24) is 0 Å². The molecule has 0 aliphatic carbocycles. The van der Waals surface area contributed by atoms with E-state index in [-0.39, 0.29) is 18.5 Å². The predicted octanol–water partition coefficient (Wildman–Crippen LogP) is 4.47. The van der Waals surface area contributed by atoms with Gasteiger partial charge in [0.05, 0.1) is 0 Å². The average Bonchev–Trinajstić information content (AvgIpc) is 2.38. The van der Waals surface area contributed by atoms with E-state index in [4.69, 9.17) is 10.5 Å². The van der Waals surface area contributed by atoms with Gasteiger partial charge in [0.15, 0.2) is 0 Å². The molecule has 0 heterocycles. The maximum Gasteiger partial charge on any atom is 0.126 e. The van der Waals surface area contributed by atoms with Gasteiger partial charge in [-0.05, 0) is 35.7 Å². The minimum absolute atomic E-state index is 0. The van der Waals surface area contributed by atoms with E-state index in [1.165, 1.54) is 5.56 Å². The first-order valence-corrected chi connectivity index (χ1v) is 6.24. The topological polar surface area (TPSA) is 35.2 Å². The molecule has 0 saturated carbocycles. The highest BCUT2D eigenvalue weighted by Crippen LogP contribution is 2.28. The average molecular weight is 278 g/mol. The molecule has 102 valence electrons. The molecule has 1 unspecified atom stereocenters. The Kier molecular flexibility index (Phi) is 5.71. The molecule has 2 nitrogen and oxygen atoms in total. The van der Waals surface area contributed by atoms with Gasteiger partial charge in [-0.3, -0.25) is 0 Å². The first-order valence-electron chi connectivity index (χ1n) is 6.24. The molecule has 0 aliphatic heterocycles. The van der Waals surface area contributed by atoms with Crippen LogP contribution in [0.3, 0.4) is 0 Å². The Morgan fingerprint density at radius 3 is 2.00 bits per heavy atom. The van der Waals surface area contributed by atoms with E-state index in [2.05, 4.69) is 26.0 Å². The van der Waals surface area contributed by atoms with Crippen molar-refractivity contribution in [2.45, 2.75) is 20.0 Å². The van der Waals surface area contributed by atoms with Gasteiger partial charge >= 0.3 is 0 Å². The molecule has 2 N–H and O–H groups in total. The molecule has 0 fully saturated rings. The fourth-order valence-electron chi connectivity index (χ4n) is 1.92. The largest absolute Gasteiger partial charge is 0.485 e. The third-order valence-electron chi connectivity index (χ3n) is 2.88. The van der Waals surface area contributed by atoms with Crippen LogP contribution in [0.2, 0.25) is 0 Å². The smallest absolute Gasteiger partial charge is 0.126 e. The molecule has 0 radical (unpaired) electrons. The lowest BCUT2D eigenvalue weighted by Gasteiger charge is -2.23. The fourth-order valence-corrected chi connectivity index (χ4v) is 1.92. The van der Waals surface area contributed by atoms with Gasteiger partial charge in [-0.2, -0.15) is 0 Å². The minimum Gasteiger partial charge on any atom is -0.485 e. The second-order valence-corrected chi connectivity index (χ2v) is 4.76. The Hall–Kier alpha value is -1.67. The highest BCUT2D eigenvalue weighted by molar-refractivity contribution is 5.85. The molecule has 2 rings (SSSR count). The van der Waals surface area contributed by atoms with Crippen LogP contribution in [-0.2, 0) is 0 Å². The summed E-state index contributed by atoms with van der Waals surface area (Å²) in [5.74, 6) is 1.26. The quantitative estimate of drug-likeness (QED) is 0.837. The summed E-state index contributed by atoms with van der Waals surface area (Å²) < 4.78 is 6.06. The zero-order valence-electron chi connectivity index (χ0n) is 11.2. The Morgan fingerprint density at radius 1 is 0.895 bits per heavy atom. The lowest BCUT2D eigenvalue weighted by Crippen LogP contribution is -2.14. The minimum atomic E-state index is 0. The monoisotopic (exact) mass is 277 g/mol. The number of hydrogen-bond acceptors (Lipinski definition) is 2. The maximum atomic E-state index is 6.06. The molecular formula is C16H20ClNO. The van der Waals surface area contributed by atoms with Crippen molar-refractivity contribution in [2.75, 3.05) is 5.73 Å². The fraction of sp³-hybridized carbons (Fsp3) is 0.250. The highest BCUT2D eigenvalue weighted by atomic mass is 35.5. The van der Waals surface area contributed by atoms with E-state index < -0.39 is 0 Å². The van der Waals surface area contributed by atoms with E-state index in [1.54, 1.807) is 0 Å². The second kappa shape index (κ2) is 7.05. The van der Waals surface area contributed by atoms with Crippen LogP contribution < -0.4 is 10.5 Å². The Balaban J connectivity index is 0.00000180. The van der Waals surface area contributed by atoms with Gasteiger partial charge in [-0.15, -0.1) is 12.4 Å². The number of anilines is 1. The Morgan fingerprint density at radius 2 is 1.47 bits per heavy atom. The maximum absolute atomic E-state index is 6.06. The number of hydrogen-bond donors (Lipinski definition) is 1. The predicted molar refractivity (Wildman–Crippen MR) is 82.8 cm³/mol. The second-order valence-electron chi connectivity index (χ2n) is 4.76. The van der Waals surface area contributed by atoms with Crippen molar-refractivity contribution < 1.29 is 4.74 Å². The normalized spacial score (nSPS) is 11.7. The van der Waals surface area contributed by atoms with Gasteiger partial charge < -0.3 is 10.5 Å². The molecule has 0 saturated heterocycles. The zero-order valence-corrected chi connectivity index (χ0v) is 12.1. The lowest BCUT2D eigenvalue weighted by atomic mass is 9.99. The van der Waals surface area contributed by atoms with Crippen molar-refractivity contribution in [3.05, 3.63) is 60.2 Å². The van der Waals surface area contributed by atoms with Gasteiger partial charge in [0.25, 0.3) is 0 Å². The number of nitrogen functional groups attached to an aromatic ring is 1. The van der Waals surface area contributed by atoms with E-state index in [9.17, 15) is 0 Å². The molecule has 1 atom stereocenters. The molecular weight excluding hydrogens is 258 g/mol. The lowest BCUT2D eigenvalue weighted by molar-refractivity contribution is 0.154. The number of rotatable bonds is 4. The number of halogens is 1. The van der Waals surface area contributed by atoms with Gasteiger partial charge in [0.1, 0.15) is 11.9 Å². The first kappa shape index (κ1) is 15.4. The molecule has 0 spiro atoms. The van der Waals surface area contributed by atoms with Gasteiger partial charge in [-0.25, -0.2) is 0 Å². The molecule has 0 amide bonds. The highest BCUT2D eigenvalue weighted by Gasteiger charge is 2.17. The van der Waals surface area contributed by atoms with Crippen LogP contribution in [0.1, 0.15) is 25.5 Å². The summed E-state index contributed by atoms with van der Waals surface area (Å²) in [4.78, 5) is 0. The van der Waals surface area contributed by atoms with Crippen LogP contribution >= 0.6 is 12.4 Å². The van der Waals surface area contributed by atoms with Gasteiger partial charge in [0, 0.05) is 5.69 Å². The van der Waals surface area contributed by atoms with Gasteiger partial charge in [0.2, 0.25) is 0 Å². The molecule has 3 heteroatoms. The zero-order chi connectivity index (χ0) is 13.0. The third-order valence-corrected chi connectivity index (χ3v) is 2.88. The van der Waals surface area contributed by atoms with Crippen molar-refractivity contribution in [3.63, 3.8) is 0 Å². The third kappa shape index (κ3) is 4.18. The van der Waals surface area contributed by atoms with Crippen molar-refractivity contribution in [2.24, 2.45) is 5.92 Å². The van der Waals surface area contributed by atoms with E-state index in [0.717, 1.165) is 11.4 Å². The summed E-state index contributed by atoms with van der Waals surface area (Å²) in [6.07, 6.45) is 0.0647. The van der Waals surface area contributed by atoms with E-state index >= 15 is 0 Å². The molecule has 2 aromatic carbocycles. The number of nitrogens with two attached hydrogens (primary N) is 1. The first-order chi connectivity index (χ1) is 8.66. The summed E-state index contributed by atoms with van der Waals surface area (Å²) >= 11 is 0. The summed E-state index contributed by atoms with van der Waals surface area (Å²) in [7, 11) is 0. The SMILES string of the molecule is CC(C)C(Oc1ccc(N)cc1)c1ccccc1.Cl. The van der Waals surface area contributed by atoms with Crippen LogP contribution in [0.25, 0.3) is 0 Å². The van der Waals surface area contributed by atoms with Crippen LogP contribution in [0, 0.1) is 5.92 Å². The summed E-state index contributed by atoms with van der Waals surface area (Å²) in [5, 5.41) is 0. The number of benzene rings is 2. The summed E-state index contributed by atoms with van der Waals surface area (Å²) in [6, 6.07) is 17.8. The Bertz CT molecular complexity index is 482. The van der Waals surface area contributed by atoms with Gasteiger partial charge in [-0.1, -0.05) is 44.2 Å². The number of ether oxygens (including phenoxy) is 1. The Labute approximate surface area is 121 Å². The standard InChI is InChI=1S/C16H19NO.ClH/c1-12(2)16(13-6-4-3-5-7-13)18-15-10-8-14(17)9-11-15;/h3-12,16H,17H2,1-2H3;1H. The molecule has 19 heavy (non-hydrogen) atoms. The van der Waals surface area contributed by atoms with Crippen molar-refractivity contribution in [3.8, 4) is 5.75 Å². The van der Waals surface area contributed by atoms with Crippen LogP contribution in [-0.4, -0.2) is 0 Å². The molecule has 2 aromatic rings. The molecule has 0 bridgehead atoms. The van der Waals surface area contributed by atoms with Crippen LogP contribution in [0.15, 0.2) is 54.6 Å². The van der Waals surface area contributed by atoms with Crippen LogP contribution in [0.5, 0.6) is 5.75 Å². The molecule has 0 aromatic heterocycles. The van der Waals surface area contributed by atoms with Crippen molar-refractivity contribution >= 4 is 18.1 Å².